The van der Waals surface area contributed by atoms with E-state index in [-0.39, 0.29) is 17.2 Å². The first-order valence-corrected chi connectivity index (χ1v) is 10.4. The molecule has 0 aliphatic carbocycles. The molecule has 0 fully saturated rings. The number of pyridine rings is 2. The highest BCUT2D eigenvalue weighted by atomic mass is 19.4. The number of hydrogen-bond donors (Lipinski definition) is 0. The predicted octanol–water partition coefficient (Wildman–Crippen LogP) is 7.22. The maximum absolute atomic E-state index is 14.2. The van der Waals surface area contributed by atoms with Crippen LogP contribution in [0.3, 0.4) is 0 Å². The zero-order valence-corrected chi connectivity index (χ0v) is 17.7. The summed E-state index contributed by atoms with van der Waals surface area (Å²) in [7, 11) is 0. The number of aliphatic imine (C=N–C) groups is 2. The molecule has 34 heavy (non-hydrogen) atoms. The van der Waals surface area contributed by atoms with E-state index in [0.717, 1.165) is 5.39 Å². The first-order chi connectivity index (χ1) is 16.5. The molecule has 5 rings (SSSR count). The molecule has 0 unspecified atom stereocenters. The summed E-state index contributed by atoms with van der Waals surface area (Å²) in [5, 5.41) is 1.53. The summed E-state index contributed by atoms with van der Waals surface area (Å²) < 4.78 is 47.9. The van der Waals surface area contributed by atoms with Gasteiger partial charge in [0.05, 0.1) is 34.4 Å². The molecule has 5 aromatic rings. The lowest BCUT2D eigenvalue weighted by molar-refractivity contribution is -0.0597. The molecule has 0 N–H and O–H groups in total. The molecular formula is C26H17F3N4O. The molecule has 168 valence electrons. The maximum atomic E-state index is 14.2. The zero-order chi connectivity index (χ0) is 23.5. The van der Waals surface area contributed by atoms with Gasteiger partial charge in [-0.15, -0.1) is 0 Å². The van der Waals surface area contributed by atoms with Crippen molar-refractivity contribution in [3.63, 3.8) is 0 Å². The first kappa shape index (κ1) is 21.5. The highest BCUT2D eigenvalue weighted by molar-refractivity contribution is 6.15. The highest BCUT2D eigenvalue weighted by Crippen LogP contribution is 2.30. The number of hydrogen-bond acceptors (Lipinski definition) is 5. The number of rotatable bonds is 5. The number of nitrogens with zero attached hydrogens (tertiary/aromatic N) is 4. The normalized spacial score (nSPS) is 13.0. The average Bonchev–Trinajstić information content (AvgIpc) is 3.38. The summed E-state index contributed by atoms with van der Waals surface area (Å²) in [5.41, 5.74) is 0.634. The molecule has 3 aromatic heterocycles. The molecule has 0 saturated carbocycles. The van der Waals surface area contributed by atoms with Crippen LogP contribution in [0, 0.1) is 0 Å². The predicted molar refractivity (Wildman–Crippen MR) is 126 cm³/mol. The molecular weight excluding hydrogens is 441 g/mol. The number of alkyl halides is 3. The number of para-hydroxylation sites is 2. The zero-order valence-electron chi connectivity index (χ0n) is 17.7. The fraction of sp³-hybridized carbons (Fsp3) is 0.0769. The third kappa shape index (κ3) is 4.43. The van der Waals surface area contributed by atoms with Crippen molar-refractivity contribution in [1.82, 2.24) is 9.97 Å². The Bertz CT molecular complexity index is 1510. The van der Waals surface area contributed by atoms with Crippen LogP contribution in [0.4, 0.5) is 24.5 Å². The van der Waals surface area contributed by atoms with Crippen LogP contribution in [0.25, 0.3) is 21.8 Å². The van der Waals surface area contributed by atoms with E-state index in [4.69, 9.17) is 4.42 Å². The standard InChI is InChI=1S/C26H17F3N4O/c27-26(28,29)23(33-20-11-2-7-18-9-4-14-31-25(18)20)16-21(22-12-5-15-34-22)32-19-10-1-6-17-8-3-13-30-24(17)19/h1-15H,16H2/b32-21-,33-23+. The van der Waals surface area contributed by atoms with Crippen LogP contribution in [0.15, 0.2) is 106 Å². The van der Waals surface area contributed by atoms with E-state index in [1.165, 1.54) is 18.5 Å². The second-order valence-corrected chi connectivity index (χ2v) is 7.47. The Morgan fingerprint density at radius 1 is 0.735 bits per heavy atom. The van der Waals surface area contributed by atoms with Crippen molar-refractivity contribution in [2.75, 3.05) is 0 Å². The lowest BCUT2D eigenvalue weighted by atomic mass is 10.1. The van der Waals surface area contributed by atoms with Gasteiger partial charge in [-0.1, -0.05) is 36.4 Å². The summed E-state index contributed by atoms with van der Waals surface area (Å²) in [6, 6.07) is 20.6. The Kier molecular flexibility index (Phi) is 5.63. The van der Waals surface area contributed by atoms with Crippen LogP contribution < -0.4 is 0 Å². The quantitative estimate of drug-likeness (QED) is 0.261. The summed E-state index contributed by atoms with van der Waals surface area (Å²) in [6.45, 7) is 0. The molecule has 5 nitrogen and oxygen atoms in total. The van der Waals surface area contributed by atoms with Gasteiger partial charge < -0.3 is 4.42 Å². The van der Waals surface area contributed by atoms with Gasteiger partial charge in [0.1, 0.15) is 11.5 Å². The van der Waals surface area contributed by atoms with Gasteiger partial charge in [-0.3, -0.25) is 9.97 Å². The summed E-state index contributed by atoms with van der Waals surface area (Å²) in [5.74, 6) is 0.223. The minimum atomic E-state index is -4.69. The Hall–Kier alpha value is -4.33. The van der Waals surface area contributed by atoms with Crippen LogP contribution in [0.1, 0.15) is 12.2 Å². The SMILES string of the molecule is FC(F)(F)/C(C/C(=N/c1cccc2cccnc12)c1ccco1)=N/c1cccc2cccnc12. The minimum Gasteiger partial charge on any atom is -0.463 e. The molecule has 0 atom stereocenters. The number of furan rings is 1. The molecule has 0 aliphatic heterocycles. The van der Waals surface area contributed by atoms with E-state index in [0.29, 0.717) is 22.1 Å². The fourth-order valence-electron chi connectivity index (χ4n) is 3.63. The van der Waals surface area contributed by atoms with E-state index >= 15 is 0 Å². The van der Waals surface area contributed by atoms with Gasteiger partial charge in [-0.05, 0) is 36.4 Å². The number of fused-ring (bicyclic) bond motifs is 2. The lowest BCUT2D eigenvalue weighted by Crippen LogP contribution is -2.26. The second kappa shape index (κ2) is 8.90. The Balaban J connectivity index is 1.64. The van der Waals surface area contributed by atoms with E-state index < -0.39 is 18.3 Å². The van der Waals surface area contributed by atoms with Crippen molar-refractivity contribution in [3.05, 3.63) is 97.2 Å². The van der Waals surface area contributed by atoms with Gasteiger partial charge in [-0.2, -0.15) is 13.2 Å². The van der Waals surface area contributed by atoms with Crippen molar-refractivity contribution < 1.29 is 17.6 Å². The average molecular weight is 458 g/mol. The topological polar surface area (TPSA) is 63.6 Å². The van der Waals surface area contributed by atoms with Crippen LogP contribution >= 0.6 is 0 Å². The maximum Gasteiger partial charge on any atom is 0.429 e. The largest absolute Gasteiger partial charge is 0.463 e. The van der Waals surface area contributed by atoms with Gasteiger partial charge in [-0.25, -0.2) is 9.98 Å². The molecule has 8 heteroatoms. The molecule has 3 heterocycles. The van der Waals surface area contributed by atoms with Crippen molar-refractivity contribution in [2.24, 2.45) is 9.98 Å². The summed E-state index contributed by atoms with van der Waals surface area (Å²) >= 11 is 0. The van der Waals surface area contributed by atoms with E-state index in [9.17, 15) is 13.2 Å². The smallest absolute Gasteiger partial charge is 0.429 e. The van der Waals surface area contributed by atoms with Gasteiger partial charge >= 0.3 is 6.18 Å². The summed E-state index contributed by atoms with van der Waals surface area (Å²) in [4.78, 5) is 17.1. The van der Waals surface area contributed by atoms with Gasteiger partial charge in [0.25, 0.3) is 0 Å². The van der Waals surface area contributed by atoms with Gasteiger partial charge in [0.2, 0.25) is 0 Å². The monoisotopic (exact) mass is 458 g/mol. The molecule has 0 bridgehead atoms. The minimum absolute atomic E-state index is 0.0902. The van der Waals surface area contributed by atoms with Gasteiger partial charge in [0.15, 0.2) is 0 Å². The molecule has 0 saturated heterocycles. The number of benzene rings is 2. The van der Waals surface area contributed by atoms with Crippen LogP contribution in [0.5, 0.6) is 0 Å². The third-order valence-electron chi connectivity index (χ3n) is 5.20. The lowest BCUT2D eigenvalue weighted by Gasteiger charge is -2.13. The van der Waals surface area contributed by atoms with Crippen molar-refractivity contribution >= 4 is 44.6 Å². The fourth-order valence-corrected chi connectivity index (χ4v) is 3.63. The van der Waals surface area contributed by atoms with E-state index in [1.54, 1.807) is 60.8 Å². The highest BCUT2D eigenvalue weighted by Gasteiger charge is 2.37. The molecule has 2 aromatic carbocycles. The molecule has 0 aliphatic rings. The van der Waals surface area contributed by atoms with Crippen molar-refractivity contribution in [1.29, 1.82) is 0 Å². The van der Waals surface area contributed by atoms with Crippen LogP contribution in [-0.2, 0) is 0 Å². The van der Waals surface area contributed by atoms with Gasteiger partial charge in [0, 0.05) is 29.6 Å². The van der Waals surface area contributed by atoms with E-state index in [2.05, 4.69) is 20.0 Å². The third-order valence-corrected chi connectivity index (χ3v) is 5.20. The Morgan fingerprint density at radius 2 is 1.32 bits per heavy atom. The molecule has 0 spiro atoms. The number of halogens is 3. The van der Waals surface area contributed by atoms with Crippen molar-refractivity contribution in [2.45, 2.75) is 12.6 Å². The first-order valence-electron chi connectivity index (χ1n) is 10.4. The van der Waals surface area contributed by atoms with E-state index in [1.807, 2.05) is 12.1 Å². The summed E-state index contributed by atoms with van der Waals surface area (Å²) in [6.07, 6.45) is -0.752. The van der Waals surface area contributed by atoms with Crippen molar-refractivity contribution in [3.8, 4) is 0 Å². The Labute approximate surface area is 192 Å². The molecule has 0 radical (unpaired) electrons. The van der Waals surface area contributed by atoms with Crippen LogP contribution in [-0.4, -0.2) is 27.6 Å². The molecule has 0 amide bonds. The number of aromatic nitrogens is 2. The van der Waals surface area contributed by atoms with Crippen LogP contribution in [0.2, 0.25) is 0 Å². The Morgan fingerprint density at radius 3 is 1.88 bits per heavy atom. The second-order valence-electron chi connectivity index (χ2n) is 7.47.